The van der Waals surface area contributed by atoms with Gasteiger partial charge in [-0.3, -0.25) is 4.79 Å². The second-order valence-electron chi connectivity index (χ2n) is 4.09. The standard InChI is InChI=1S/C12H16BrNO/c1-8(2)7-14-12(15)10-6-9(3)4-5-11(10)13/h4-6,8H,7H2,1-3H3,(H,14,15). The average molecular weight is 270 g/mol. The van der Waals surface area contributed by atoms with Crippen molar-refractivity contribution in [1.29, 1.82) is 0 Å². The Morgan fingerprint density at radius 3 is 2.73 bits per heavy atom. The first-order valence-corrected chi connectivity index (χ1v) is 5.84. The van der Waals surface area contributed by atoms with Crippen LogP contribution in [0.4, 0.5) is 0 Å². The van der Waals surface area contributed by atoms with E-state index in [4.69, 9.17) is 0 Å². The second kappa shape index (κ2) is 5.31. The van der Waals surface area contributed by atoms with E-state index in [1.165, 1.54) is 0 Å². The lowest BCUT2D eigenvalue weighted by molar-refractivity contribution is 0.0948. The molecule has 1 aromatic carbocycles. The van der Waals surface area contributed by atoms with Gasteiger partial charge < -0.3 is 5.32 Å². The zero-order chi connectivity index (χ0) is 11.4. The van der Waals surface area contributed by atoms with Gasteiger partial charge in [0, 0.05) is 11.0 Å². The molecule has 0 unspecified atom stereocenters. The molecule has 0 fully saturated rings. The Kier molecular flexibility index (Phi) is 4.33. The summed E-state index contributed by atoms with van der Waals surface area (Å²) >= 11 is 3.38. The van der Waals surface area contributed by atoms with E-state index in [9.17, 15) is 4.79 Å². The van der Waals surface area contributed by atoms with Gasteiger partial charge >= 0.3 is 0 Å². The van der Waals surface area contributed by atoms with Crippen LogP contribution in [0.25, 0.3) is 0 Å². The van der Waals surface area contributed by atoms with Crippen molar-refractivity contribution in [3.8, 4) is 0 Å². The molecular formula is C12H16BrNO. The summed E-state index contributed by atoms with van der Waals surface area (Å²) in [6.45, 7) is 6.84. The Hall–Kier alpha value is -0.830. The Morgan fingerprint density at radius 1 is 1.47 bits per heavy atom. The van der Waals surface area contributed by atoms with Gasteiger partial charge in [0.25, 0.3) is 5.91 Å². The molecule has 2 nitrogen and oxygen atoms in total. The number of carbonyl (C=O) groups excluding carboxylic acids is 1. The van der Waals surface area contributed by atoms with Gasteiger partial charge in [-0.15, -0.1) is 0 Å². The SMILES string of the molecule is Cc1ccc(Br)c(C(=O)NCC(C)C)c1. The first-order chi connectivity index (χ1) is 7.00. The largest absolute Gasteiger partial charge is 0.352 e. The van der Waals surface area contributed by atoms with Crippen molar-refractivity contribution < 1.29 is 4.79 Å². The third-order valence-electron chi connectivity index (χ3n) is 2.04. The molecule has 0 aromatic heterocycles. The van der Waals surface area contributed by atoms with Crippen molar-refractivity contribution in [2.24, 2.45) is 5.92 Å². The summed E-state index contributed by atoms with van der Waals surface area (Å²) in [5.41, 5.74) is 1.79. The lowest BCUT2D eigenvalue weighted by Crippen LogP contribution is -2.27. The van der Waals surface area contributed by atoms with Gasteiger partial charge in [-0.25, -0.2) is 0 Å². The minimum atomic E-state index is -0.0146. The van der Waals surface area contributed by atoms with Crippen LogP contribution in [0.3, 0.4) is 0 Å². The molecule has 0 heterocycles. The molecule has 0 aliphatic heterocycles. The van der Waals surface area contributed by atoms with E-state index < -0.39 is 0 Å². The van der Waals surface area contributed by atoms with Crippen LogP contribution in [-0.4, -0.2) is 12.5 Å². The fourth-order valence-corrected chi connectivity index (χ4v) is 1.63. The van der Waals surface area contributed by atoms with Crippen LogP contribution in [0, 0.1) is 12.8 Å². The number of aryl methyl sites for hydroxylation is 1. The highest BCUT2D eigenvalue weighted by atomic mass is 79.9. The second-order valence-corrected chi connectivity index (χ2v) is 4.94. The fraction of sp³-hybridized carbons (Fsp3) is 0.417. The van der Waals surface area contributed by atoms with Crippen LogP contribution in [0.15, 0.2) is 22.7 Å². The van der Waals surface area contributed by atoms with E-state index >= 15 is 0 Å². The number of amides is 1. The molecule has 0 aliphatic carbocycles. The number of carbonyl (C=O) groups is 1. The third-order valence-corrected chi connectivity index (χ3v) is 2.73. The topological polar surface area (TPSA) is 29.1 Å². The van der Waals surface area contributed by atoms with Crippen LogP contribution in [-0.2, 0) is 0 Å². The molecule has 3 heteroatoms. The summed E-state index contributed by atoms with van der Waals surface area (Å²) in [6, 6.07) is 5.77. The maximum Gasteiger partial charge on any atom is 0.252 e. The molecule has 0 saturated heterocycles. The van der Waals surface area contributed by atoms with Crippen LogP contribution in [0.1, 0.15) is 29.8 Å². The normalized spacial score (nSPS) is 10.5. The highest BCUT2D eigenvalue weighted by Crippen LogP contribution is 2.17. The summed E-state index contributed by atoms with van der Waals surface area (Å²) in [5, 5.41) is 2.90. The highest BCUT2D eigenvalue weighted by molar-refractivity contribution is 9.10. The van der Waals surface area contributed by atoms with Crippen molar-refractivity contribution in [3.05, 3.63) is 33.8 Å². The van der Waals surface area contributed by atoms with Crippen molar-refractivity contribution in [2.75, 3.05) is 6.54 Å². The van der Waals surface area contributed by atoms with Gasteiger partial charge in [-0.2, -0.15) is 0 Å². The summed E-state index contributed by atoms with van der Waals surface area (Å²) in [7, 11) is 0. The summed E-state index contributed by atoms with van der Waals surface area (Å²) < 4.78 is 0.842. The first kappa shape index (κ1) is 12.2. The predicted molar refractivity (Wildman–Crippen MR) is 66.1 cm³/mol. The Bertz CT molecular complexity index is 361. The van der Waals surface area contributed by atoms with Gasteiger partial charge in [0.15, 0.2) is 0 Å². The van der Waals surface area contributed by atoms with Crippen molar-refractivity contribution in [1.82, 2.24) is 5.32 Å². The molecule has 0 saturated carbocycles. The Balaban J connectivity index is 2.77. The van der Waals surface area contributed by atoms with E-state index in [0.717, 1.165) is 10.0 Å². The first-order valence-electron chi connectivity index (χ1n) is 5.05. The Labute approximate surface area is 99.2 Å². The van der Waals surface area contributed by atoms with E-state index in [1.54, 1.807) is 0 Å². The number of rotatable bonds is 3. The third kappa shape index (κ3) is 3.67. The zero-order valence-electron chi connectivity index (χ0n) is 9.30. The number of halogens is 1. The molecule has 1 amide bonds. The maximum atomic E-state index is 11.8. The molecule has 0 radical (unpaired) electrons. The smallest absolute Gasteiger partial charge is 0.252 e. The van der Waals surface area contributed by atoms with E-state index in [2.05, 4.69) is 35.1 Å². The van der Waals surface area contributed by atoms with E-state index in [1.807, 2.05) is 25.1 Å². The quantitative estimate of drug-likeness (QED) is 0.898. The minimum absolute atomic E-state index is 0.0146. The van der Waals surface area contributed by atoms with Crippen molar-refractivity contribution in [3.63, 3.8) is 0 Å². The van der Waals surface area contributed by atoms with Gasteiger partial charge in [0.05, 0.1) is 5.56 Å². The molecular weight excluding hydrogens is 254 g/mol. The van der Waals surface area contributed by atoms with Gasteiger partial charge in [-0.05, 0) is 40.9 Å². The number of hydrogen-bond donors (Lipinski definition) is 1. The van der Waals surface area contributed by atoms with Crippen LogP contribution in [0.5, 0.6) is 0 Å². The zero-order valence-corrected chi connectivity index (χ0v) is 10.9. The number of hydrogen-bond acceptors (Lipinski definition) is 1. The number of nitrogens with one attached hydrogen (secondary N) is 1. The molecule has 1 N–H and O–H groups in total. The average Bonchev–Trinajstić information content (AvgIpc) is 2.18. The fourth-order valence-electron chi connectivity index (χ4n) is 1.21. The molecule has 82 valence electrons. The lowest BCUT2D eigenvalue weighted by Gasteiger charge is -2.09. The predicted octanol–water partition coefficient (Wildman–Crippen LogP) is 3.14. The van der Waals surface area contributed by atoms with Crippen LogP contribution < -0.4 is 5.32 Å². The van der Waals surface area contributed by atoms with E-state index in [0.29, 0.717) is 18.0 Å². The molecule has 0 bridgehead atoms. The minimum Gasteiger partial charge on any atom is -0.352 e. The molecule has 0 aliphatic rings. The van der Waals surface area contributed by atoms with E-state index in [-0.39, 0.29) is 5.91 Å². The molecule has 0 spiro atoms. The van der Waals surface area contributed by atoms with Gasteiger partial charge in [0.2, 0.25) is 0 Å². The molecule has 1 aromatic rings. The number of benzene rings is 1. The van der Waals surface area contributed by atoms with Gasteiger partial charge in [-0.1, -0.05) is 25.5 Å². The monoisotopic (exact) mass is 269 g/mol. The summed E-state index contributed by atoms with van der Waals surface area (Å²) in [5.74, 6) is 0.455. The molecule has 0 atom stereocenters. The molecule has 15 heavy (non-hydrogen) atoms. The summed E-state index contributed by atoms with van der Waals surface area (Å²) in [6.07, 6.45) is 0. The van der Waals surface area contributed by atoms with Crippen molar-refractivity contribution in [2.45, 2.75) is 20.8 Å². The molecule has 1 rings (SSSR count). The Morgan fingerprint density at radius 2 is 2.13 bits per heavy atom. The lowest BCUT2D eigenvalue weighted by atomic mass is 10.1. The highest BCUT2D eigenvalue weighted by Gasteiger charge is 2.09. The van der Waals surface area contributed by atoms with Crippen LogP contribution >= 0.6 is 15.9 Å². The van der Waals surface area contributed by atoms with Gasteiger partial charge in [0.1, 0.15) is 0 Å². The summed E-state index contributed by atoms with van der Waals surface area (Å²) in [4.78, 5) is 11.8. The van der Waals surface area contributed by atoms with Crippen LogP contribution in [0.2, 0.25) is 0 Å². The van der Waals surface area contributed by atoms with Crippen molar-refractivity contribution >= 4 is 21.8 Å². The maximum absolute atomic E-state index is 11.8.